The minimum absolute atomic E-state index is 0.0895. The molecular formula is C30H43F2N7O6. The number of rotatable bonds is 15. The molecule has 0 spiro atoms. The van der Waals surface area contributed by atoms with Crippen LogP contribution in [0.2, 0.25) is 0 Å². The van der Waals surface area contributed by atoms with Gasteiger partial charge < -0.3 is 29.6 Å². The first-order valence-corrected chi connectivity index (χ1v) is 14.9. The van der Waals surface area contributed by atoms with Crippen molar-refractivity contribution in [3.63, 3.8) is 0 Å². The summed E-state index contributed by atoms with van der Waals surface area (Å²) in [7, 11) is 0. The minimum atomic E-state index is -2.94. The molecule has 45 heavy (non-hydrogen) atoms. The number of ether oxygens (including phenoxy) is 4. The molecule has 0 aromatic carbocycles. The predicted molar refractivity (Wildman–Crippen MR) is 161 cm³/mol. The maximum Gasteiger partial charge on any atom is 0.407 e. The molecule has 1 unspecified atom stereocenters. The smallest absolute Gasteiger partial charge is 0.407 e. The Bertz CT molecular complexity index is 1430. The summed E-state index contributed by atoms with van der Waals surface area (Å²) in [6.07, 6.45) is 2.13. The lowest BCUT2D eigenvalue weighted by molar-refractivity contribution is -0.0254. The standard InChI is InChI=1S/C30H43F2N7O6/c1-8-30(31,32)15-21(37-28(41)45-29(5,6)7)10-11-42-12-13-43-26-25-35-18-36-39(25)17-24(38-26)22-14-23(34-16-19(22)3)20(4)44-27(40)33-9-2/h14,16-18,20-21H,8-13,15H2,1-7H3,(H,33,40)(H,37,41)/t20-,21?/m1/s1. The van der Waals surface area contributed by atoms with Crippen LogP contribution in [-0.2, 0) is 14.2 Å². The van der Waals surface area contributed by atoms with Crippen molar-refractivity contribution in [3.8, 4) is 17.1 Å². The second-order valence-corrected chi connectivity index (χ2v) is 11.5. The van der Waals surface area contributed by atoms with Crippen molar-refractivity contribution in [1.29, 1.82) is 0 Å². The molecule has 3 rings (SSSR count). The number of pyridine rings is 1. The molecule has 2 N–H and O–H groups in total. The maximum absolute atomic E-state index is 14.1. The first kappa shape index (κ1) is 35.3. The predicted octanol–water partition coefficient (Wildman–Crippen LogP) is 5.42. The van der Waals surface area contributed by atoms with Gasteiger partial charge in [0.2, 0.25) is 11.6 Å². The van der Waals surface area contributed by atoms with Crippen molar-refractivity contribution in [2.45, 2.75) is 91.4 Å². The number of fused-ring (bicyclic) bond motifs is 1. The molecule has 2 atom stereocenters. The highest BCUT2D eigenvalue weighted by Gasteiger charge is 2.32. The molecule has 2 amide bonds. The maximum atomic E-state index is 14.1. The van der Waals surface area contributed by atoms with Gasteiger partial charge >= 0.3 is 12.2 Å². The molecule has 13 nitrogen and oxygen atoms in total. The molecular weight excluding hydrogens is 592 g/mol. The van der Waals surface area contributed by atoms with E-state index in [9.17, 15) is 18.4 Å². The SMILES string of the molecule is CCNC(=O)O[C@H](C)c1cc(-c2cn3ncnc3c(OCCOCCC(CC(F)(F)CC)NC(=O)OC(C)(C)C)n2)c(C)cn1. The highest BCUT2D eigenvalue weighted by atomic mass is 19.3. The molecule has 0 radical (unpaired) electrons. The number of hydrogen-bond acceptors (Lipinski definition) is 10. The molecule has 248 valence electrons. The van der Waals surface area contributed by atoms with E-state index in [0.717, 1.165) is 11.1 Å². The number of carbonyl (C=O) groups is 2. The van der Waals surface area contributed by atoms with Crippen molar-refractivity contribution in [2.24, 2.45) is 0 Å². The summed E-state index contributed by atoms with van der Waals surface area (Å²) < 4.78 is 52.0. The second kappa shape index (κ2) is 15.7. The number of nitrogens with one attached hydrogen (secondary N) is 2. The number of alkyl carbamates (subject to hydrolysis) is 2. The lowest BCUT2D eigenvalue weighted by Gasteiger charge is -2.26. The van der Waals surface area contributed by atoms with Crippen LogP contribution in [0.1, 0.15) is 78.2 Å². The van der Waals surface area contributed by atoms with Crippen molar-refractivity contribution >= 4 is 17.8 Å². The van der Waals surface area contributed by atoms with Gasteiger partial charge in [0, 0.05) is 43.8 Å². The van der Waals surface area contributed by atoms with Crippen LogP contribution in [0.4, 0.5) is 18.4 Å². The van der Waals surface area contributed by atoms with Gasteiger partial charge in [0.15, 0.2) is 0 Å². The quantitative estimate of drug-likeness (QED) is 0.207. The Morgan fingerprint density at radius 2 is 1.84 bits per heavy atom. The number of amides is 2. The fraction of sp³-hybridized carbons (Fsp3) is 0.600. The van der Waals surface area contributed by atoms with Crippen molar-refractivity contribution < 1.29 is 37.3 Å². The van der Waals surface area contributed by atoms with E-state index in [0.29, 0.717) is 23.6 Å². The van der Waals surface area contributed by atoms with E-state index < -0.39 is 42.3 Å². The third-order valence-corrected chi connectivity index (χ3v) is 6.51. The molecule has 3 aromatic heterocycles. The van der Waals surface area contributed by atoms with Crippen LogP contribution in [-0.4, -0.2) is 80.7 Å². The van der Waals surface area contributed by atoms with Gasteiger partial charge in [-0.3, -0.25) is 4.98 Å². The molecule has 0 aliphatic carbocycles. The summed E-state index contributed by atoms with van der Waals surface area (Å²) in [5.74, 6) is -2.73. The molecule has 0 saturated carbocycles. The number of aryl methyl sites for hydroxylation is 1. The van der Waals surface area contributed by atoms with Gasteiger partial charge in [-0.15, -0.1) is 0 Å². The normalized spacial score (nSPS) is 13.3. The van der Waals surface area contributed by atoms with Gasteiger partial charge in [-0.25, -0.2) is 32.9 Å². The van der Waals surface area contributed by atoms with Crippen LogP contribution in [0.5, 0.6) is 5.88 Å². The molecule has 3 heterocycles. The topological polar surface area (TPSA) is 151 Å². The largest absolute Gasteiger partial charge is 0.473 e. The first-order valence-electron chi connectivity index (χ1n) is 14.9. The molecule has 0 aliphatic heterocycles. The monoisotopic (exact) mass is 635 g/mol. The number of hydrogen-bond donors (Lipinski definition) is 2. The molecule has 0 bridgehead atoms. The number of alkyl halides is 2. The molecule has 15 heteroatoms. The van der Waals surface area contributed by atoms with Crippen LogP contribution in [0.3, 0.4) is 0 Å². The summed E-state index contributed by atoms with van der Waals surface area (Å²) in [5.41, 5.74) is 2.26. The Balaban J connectivity index is 1.64. The van der Waals surface area contributed by atoms with Gasteiger partial charge in [0.25, 0.3) is 5.88 Å². The minimum Gasteiger partial charge on any atom is -0.473 e. The van der Waals surface area contributed by atoms with E-state index in [1.54, 1.807) is 53.1 Å². The lowest BCUT2D eigenvalue weighted by atomic mass is 10.0. The number of carbonyl (C=O) groups excluding carboxylic acids is 2. The fourth-order valence-electron chi connectivity index (χ4n) is 4.20. The lowest BCUT2D eigenvalue weighted by Crippen LogP contribution is -2.42. The summed E-state index contributed by atoms with van der Waals surface area (Å²) in [6, 6.07) is 0.952. The number of halogens is 2. The third-order valence-electron chi connectivity index (χ3n) is 6.51. The van der Waals surface area contributed by atoms with Gasteiger partial charge in [0.05, 0.1) is 24.2 Å². The van der Waals surface area contributed by atoms with Crippen LogP contribution in [0, 0.1) is 6.92 Å². The van der Waals surface area contributed by atoms with Gasteiger partial charge in [-0.05, 0) is 59.6 Å². The number of aromatic nitrogens is 5. The zero-order chi connectivity index (χ0) is 33.2. The summed E-state index contributed by atoms with van der Waals surface area (Å²) >= 11 is 0. The van der Waals surface area contributed by atoms with Gasteiger partial charge in [-0.2, -0.15) is 5.10 Å². The van der Waals surface area contributed by atoms with Crippen LogP contribution >= 0.6 is 0 Å². The fourth-order valence-corrected chi connectivity index (χ4v) is 4.20. The Hall–Kier alpha value is -4.14. The Kier molecular flexibility index (Phi) is 12.4. The van der Waals surface area contributed by atoms with Crippen LogP contribution < -0.4 is 15.4 Å². The second-order valence-electron chi connectivity index (χ2n) is 11.5. The third kappa shape index (κ3) is 11.1. The Morgan fingerprint density at radius 3 is 2.53 bits per heavy atom. The Morgan fingerprint density at radius 1 is 1.09 bits per heavy atom. The van der Waals surface area contributed by atoms with Crippen LogP contribution in [0.25, 0.3) is 16.9 Å². The van der Waals surface area contributed by atoms with Crippen LogP contribution in [0.15, 0.2) is 24.8 Å². The zero-order valence-corrected chi connectivity index (χ0v) is 26.9. The van der Waals surface area contributed by atoms with E-state index in [-0.39, 0.29) is 38.5 Å². The van der Waals surface area contributed by atoms with Gasteiger partial charge in [-0.1, -0.05) is 6.92 Å². The zero-order valence-electron chi connectivity index (χ0n) is 26.9. The van der Waals surface area contributed by atoms with Gasteiger partial charge in [0.1, 0.15) is 24.6 Å². The van der Waals surface area contributed by atoms with Crippen molar-refractivity contribution in [2.75, 3.05) is 26.4 Å². The van der Waals surface area contributed by atoms with E-state index in [1.165, 1.54) is 17.8 Å². The average molecular weight is 636 g/mol. The highest BCUT2D eigenvalue weighted by Crippen LogP contribution is 2.28. The summed E-state index contributed by atoms with van der Waals surface area (Å²) in [4.78, 5) is 37.4. The van der Waals surface area contributed by atoms with E-state index >= 15 is 0 Å². The van der Waals surface area contributed by atoms with Crippen molar-refractivity contribution in [3.05, 3.63) is 36.0 Å². The summed E-state index contributed by atoms with van der Waals surface area (Å²) in [6.45, 7) is 12.7. The molecule has 3 aromatic rings. The molecule has 0 saturated heterocycles. The molecule has 0 fully saturated rings. The first-order chi connectivity index (χ1) is 21.2. The highest BCUT2D eigenvalue weighted by molar-refractivity contribution is 5.69. The number of nitrogens with zero attached hydrogens (tertiary/aromatic N) is 5. The van der Waals surface area contributed by atoms with Crippen molar-refractivity contribution in [1.82, 2.24) is 35.2 Å². The molecule has 0 aliphatic rings. The summed E-state index contributed by atoms with van der Waals surface area (Å²) in [5, 5.41) is 9.36. The average Bonchev–Trinajstić information content (AvgIpc) is 3.43. The van der Waals surface area contributed by atoms with E-state index in [2.05, 4.69) is 30.7 Å². The van der Waals surface area contributed by atoms with E-state index in [1.807, 2.05) is 6.92 Å². The Labute approximate surface area is 261 Å². The van der Waals surface area contributed by atoms with E-state index in [4.69, 9.17) is 18.9 Å².